The Kier molecular flexibility index (Phi) is 4.01. The second kappa shape index (κ2) is 6.61. The van der Waals surface area contributed by atoms with Crippen LogP contribution in [0.15, 0.2) is 48.7 Å². The lowest BCUT2D eigenvalue weighted by atomic mass is 10.0. The molecule has 0 fully saturated rings. The fraction of sp³-hybridized carbons (Fsp3) is 0.312. The quantitative estimate of drug-likeness (QED) is 0.724. The van der Waals surface area contributed by atoms with E-state index in [1.54, 1.807) is 4.68 Å². The zero-order valence-electron chi connectivity index (χ0n) is 13.2. The maximum absolute atomic E-state index is 4.24. The molecule has 1 aliphatic rings. The SMILES string of the molecule is C1=CC(n2cc(CNc3nnnn3-c3ccccc3)nn2)CCC1. The van der Waals surface area contributed by atoms with Crippen LogP contribution in [0.3, 0.4) is 0 Å². The zero-order chi connectivity index (χ0) is 16.2. The number of benzene rings is 1. The summed E-state index contributed by atoms with van der Waals surface area (Å²) in [5.74, 6) is 0.577. The number of para-hydroxylation sites is 1. The highest BCUT2D eigenvalue weighted by Gasteiger charge is 2.13. The van der Waals surface area contributed by atoms with E-state index in [4.69, 9.17) is 0 Å². The molecule has 0 amide bonds. The third-order valence-corrected chi connectivity index (χ3v) is 4.02. The fourth-order valence-electron chi connectivity index (χ4n) is 2.78. The van der Waals surface area contributed by atoms with E-state index in [-0.39, 0.29) is 0 Å². The third-order valence-electron chi connectivity index (χ3n) is 4.02. The van der Waals surface area contributed by atoms with Gasteiger partial charge in [0, 0.05) is 0 Å². The predicted molar refractivity (Wildman–Crippen MR) is 88.5 cm³/mol. The number of allylic oxidation sites excluding steroid dienone is 2. The molecule has 24 heavy (non-hydrogen) atoms. The molecule has 1 aliphatic carbocycles. The molecule has 8 nitrogen and oxygen atoms in total. The standard InChI is InChI=1S/C16H18N8/c1-3-7-14(8-4-1)23-12-13(18-21-23)11-17-16-19-20-22-24(16)15-9-5-2-6-10-15/h2-3,5-7,9-10,12,14H,1,4,8,11H2,(H,17,19,22). The number of hydrogen-bond donors (Lipinski definition) is 1. The fourth-order valence-corrected chi connectivity index (χ4v) is 2.78. The molecule has 0 saturated carbocycles. The molecule has 3 aromatic rings. The summed E-state index contributed by atoms with van der Waals surface area (Å²) in [5.41, 5.74) is 1.76. The van der Waals surface area contributed by atoms with E-state index >= 15 is 0 Å². The first-order chi connectivity index (χ1) is 11.9. The summed E-state index contributed by atoms with van der Waals surface area (Å²) < 4.78 is 3.58. The van der Waals surface area contributed by atoms with E-state index < -0.39 is 0 Å². The number of rotatable bonds is 5. The maximum atomic E-state index is 4.24. The molecule has 8 heteroatoms. The Hall–Kier alpha value is -3.03. The van der Waals surface area contributed by atoms with Crippen LogP contribution in [0.25, 0.3) is 5.69 Å². The predicted octanol–water partition coefficient (Wildman–Crippen LogP) is 2.15. The summed E-state index contributed by atoms with van der Waals surface area (Å²) in [6.45, 7) is 0.518. The molecule has 0 radical (unpaired) electrons. The van der Waals surface area contributed by atoms with Crippen molar-refractivity contribution in [2.24, 2.45) is 0 Å². The lowest BCUT2D eigenvalue weighted by Gasteiger charge is -2.15. The van der Waals surface area contributed by atoms with Crippen molar-refractivity contribution in [2.75, 3.05) is 5.32 Å². The van der Waals surface area contributed by atoms with Gasteiger partial charge in [0.2, 0.25) is 5.95 Å². The monoisotopic (exact) mass is 322 g/mol. The van der Waals surface area contributed by atoms with E-state index in [9.17, 15) is 0 Å². The van der Waals surface area contributed by atoms with Crippen LogP contribution in [0.2, 0.25) is 0 Å². The van der Waals surface area contributed by atoms with E-state index in [1.165, 1.54) is 6.42 Å². The number of nitrogens with one attached hydrogen (secondary N) is 1. The molecule has 4 rings (SSSR count). The molecule has 2 heterocycles. The van der Waals surface area contributed by atoms with Crippen LogP contribution in [-0.2, 0) is 6.54 Å². The minimum atomic E-state index is 0.314. The highest BCUT2D eigenvalue weighted by molar-refractivity contribution is 5.38. The molecular formula is C16H18N8. The van der Waals surface area contributed by atoms with E-state index in [0.717, 1.165) is 24.2 Å². The largest absolute Gasteiger partial charge is 0.347 e. The topological polar surface area (TPSA) is 86.3 Å². The van der Waals surface area contributed by atoms with Gasteiger partial charge in [0.25, 0.3) is 0 Å². The minimum Gasteiger partial charge on any atom is -0.347 e. The summed E-state index contributed by atoms with van der Waals surface area (Å²) in [4.78, 5) is 0. The van der Waals surface area contributed by atoms with Crippen LogP contribution in [0.5, 0.6) is 0 Å². The van der Waals surface area contributed by atoms with Gasteiger partial charge in [0.05, 0.1) is 24.5 Å². The van der Waals surface area contributed by atoms with Gasteiger partial charge in [-0.3, -0.25) is 0 Å². The molecule has 0 spiro atoms. The summed E-state index contributed by atoms with van der Waals surface area (Å²) >= 11 is 0. The molecule has 0 aliphatic heterocycles. The Morgan fingerprint density at radius 2 is 2.04 bits per heavy atom. The first-order valence-electron chi connectivity index (χ1n) is 8.05. The average Bonchev–Trinajstić information content (AvgIpc) is 3.31. The van der Waals surface area contributed by atoms with Gasteiger partial charge >= 0.3 is 0 Å². The number of hydrogen-bond acceptors (Lipinski definition) is 6. The summed E-state index contributed by atoms with van der Waals surface area (Å²) in [5, 5.41) is 23.5. The highest BCUT2D eigenvalue weighted by atomic mass is 15.6. The van der Waals surface area contributed by atoms with Crippen molar-refractivity contribution in [3.05, 3.63) is 54.4 Å². The van der Waals surface area contributed by atoms with Crippen molar-refractivity contribution in [1.82, 2.24) is 35.2 Å². The van der Waals surface area contributed by atoms with E-state index in [1.807, 2.05) is 41.2 Å². The van der Waals surface area contributed by atoms with Crippen LogP contribution in [-0.4, -0.2) is 35.2 Å². The van der Waals surface area contributed by atoms with Crippen molar-refractivity contribution in [1.29, 1.82) is 0 Å². The van der Waals surface area contributed by atoms with Gasteiger partial charge in [-0.25, -0.2) is 4.68 Å². The smallest absolute Gasteiger partial charge is 0.248 e. The Labute approximate surface area is 139 Å². The Morgan fingerprint density at radius 1 is 1.12 bits per heavy atom. The lowest BCUT2D eigenvalue weighted by molar-refractivity contribution is 0.462. The lowest BCUT2D eigenvalue weighted by Crippen LogP contribution is -2.09. The minimum absolute atomic E-state index is 0.314. The van der Waals surface area contributed by atoms with Gasteiger partial charge in [0.15, 0.2) is 0 Å². The number of anilines is 1. The van der Waals surface area contributed by atoms with Crippen LogP contribution >= 0.6 is 0 Å². The van der Waals surface area contributed by atoms with Gasteiger partial charge in [-0.1, -0.05) is 40.7 Å². The van der Waals surface area contributed by atoms with Gasteiger partial charge in [-0.05, 0) is 41.8 Å². The summed E-state index contributed by atoms with van der Waals surface area (Å²) in [7, 11) is 0. The molecule has 2 aromatic heterocycles. The molecule has 1 atom stereocenters. The van der Waals surface area contributed by atoms with Gasteiger partial charge in [0.1, 0.15) is 5.69 Å². The molecular weight excluding hydrogens is 304 g/mol. The summed E-state index contributed by atoms with van der Waals surface area (Å²) in [6.07, 6.45) is 9.85. The van der Waals surface area contributed by atoms with Crippen LogP contribution in [0.1, 0.15) is 31.0 Å². The first-order valence-corrected chi connectivity index (χ1v) is 8.05. The van der Waals surface area contributed by atoms with Crippen LogP contribution in [0.4, 0.5) is 5.95 Å². The normalized spacial score (nSPS) is 17.1. The van der Waals surface area contributed by atoms with E-state index in [0.29, 0.717) is 18.5 Å². The summed E-state index contributed by atoms with van der Waals surface area (Å²) in [6, 6.07) is 10.1. The molecule has 0 saturated heterocycles. The molecule has 122 valence electrons. The van der Waals surface area contributed by atoms with E-state index in [2.05, 4.69) is 43.3 Å². The number of nitrogens with zero attached hydrogens (tertiary/aromatic N) is 7. The molecule has 1 N–H and O–H groups in total. The van der Waals surface area contributed by atoms with Crippen molar-refractivity contribution >= 4 is 5.95 Å². The van der Waals surface area contributed by atoms with Gasteiger partial charge in [-0.15, -0.1) is 5.10 Å². The zero-order valence-corrected chi connectivity index (χ0v) is 13.2. The third kappa shape index (κ3) is 3.03. The van der Waals surface area contributed by atoms with Crippen LogP contribution < -0.4 is 5.32 Å². The van der Waals surface area contributed by atoms with Crippen molar-refractivity contribution in [3.8, 4) is 5.69 Å². The maximum Gasteiger partial charge on any atom is 0.248 e. The first kappa shape index (κ1) is 14.6. The number of aromatic nitrogens is 7. The van der Waals surface area contributed by atoms with Crippen molar-refractivity contribution in [2.45, 2.75) is 31.8 Å². The Bertz CT molecular complexity index is 819. The molecule has 1 aromatic carbocycles. The Balaban J connectivity index is 1.45. The molecule has 0 bridgehead atoms. The number of tetrazole rings is 1. The van der Waals surface area contributed by atoms with Crippen molar-refractivity contribution < 1.29 is 0 Å². The molecule has 1 unspecified atom stereocenters. The average molecular weight is 322 g/mol. The Morgan fingerprint density at radius 3 is 2.88 bits per heavy atom. The van der Waals surface area contributed by atoms with Crippen molar-refractivity contribution in [3.63, 3.8) is 0 Å². The van der Waals surface area contributed by atoms with Gasteiger partial charge < -0.3 is 5.32 Å². The second-order valence-electron chi connectivity index (χ2n) is 5.72. The van der Waals surface area contributed by atoms with Gasteiger partial charge in [-0.2, -0.15) is 4.68 Å². The second-order valence-corrected chi connectivity index (χ2v) is 5.72. The van der Waals surface area contributed by atoms with Crippen LogP contribution in [0, 0.1) is 0 Å². The highest BCUT2D eigenvalue weighted by Crippen LogP contribution is 2.21.